The molecule has 1 unspecified atom stereocenters. The van der Waals surface area contributed by atoms with Crippen LogP contribution >= 0.6 is 0 Å². The molecule has 1 aromatic rings. The number of fused-ring (bicyclic) bond motifs is 1. The Morgan fingerprint density at radius 3 is 2.95 bits per heavy atom. The van der Waals surface area contributed by atoms with Crippen LogP contribution in [0.15, 0.2) is 18.2 Å². The van der Waals surface area contributed by atoms with Gasteiger partial charge in [-0.1, -0.05) is 20.3 Å². The number of nitrogens with one attached hydrogen (secondary N) is 2. The van der Waals surface area contributed by atoms with Crippen LogP contribution in [0.2, 0.25) is 0 Å². The largest absolute Gasteiger partial charge is 0.382 e. The number of carbonyl (C=O) groups excluding carboxylic acids is 1. The van der Waals surface area contributed by atoms with Gasteiger partial charge in [-0.2, -0.15) is 0 Å². The summed E-state index contributed by atoms with van der Waals surface area (Å²) in [4.78, 5) is 11.4. The molecule has 0 radical (unpaired) electrons. The van der Waals surface area contributed by atoms with Gasteiger partial charge in [-0.25, -0.2) is 0 Å². The number of benzene rings is 1. The Morgan fingerprint density at radius 2 is 2.15 bits per heavy atom. The third-order valence-corrected chi connectivity index (χ3v) is 4.58. The summed E-state index contributed by atoms with van der Waals surface area (Å²) in [5, 5.41) is 6.62. The van der Waals surface area contributed by atoms with Gasteiger partial charge in [0.25, 0.3) is 0 Å². The van der Waals surface area contributed by atoms with Crippen LogP contribution in [0.4, 0.5) is 11.4 Å². The predicted molar refractivity (Wildman–Crippen MR) is 83.1 cm³/mol. The summed E-state index contributed by atoms with van der Waals surface area (Å²) in [6, 6.07) is 6.90. The van der Waals surface area contributed by atoms with Crippen molar-refractivity contribution in [3.63, 3.8) is 0 Å². The third kappa shape index (κ3) is 2.97. The first kappa shape index (κ1) is 13.5. The Hall–Kier alpha value is -1.51. The van der Waals surface area contributed by atoms with Crippen molar-refractivity contribution >= 4 is 17.3 Å². The summed E-state index contributed by atoms with van der Waals surface area (Å²) < 4.78 is 0. The minimum absolute atomic E-state index is 0.132. The number of hydrogen-bond donors (Lipinski definition) is 2. The number of hydrogen-bond acceptors (Lipinski definition) is 2. The second kappa shape index (κ2) is 5.12. The zero-order chi connectivity index (χ0) is 14.2. The van der Waals surface area contributed by atoms with E-state index < -0.39 is 0 Å². The van der Waals surface area contributed by atoms with Crippen molar-refractivity contribution in [1.29, 1.82) is 0 Å². The van der Waals surface area contributed by atoms with E-state index in [2.05, 4.69) is 36.6 Å². The highest BCUT2D eigenvalue weighted by atomic mass is 16.1. The van der Waals surface area contributed by atoms with E-state index in [1.54, 1.807) is 0 Å². The van der Waals surface area contributed by atoms with Gasteiger partial charge in [0.2, 0.25) is 5.91 Å². The Bertz CT molecular complexity index is 522. The maximum atomic E-state index is 11.4. The molecule has 1 fully saturated rings. The smallest absolute Gasteiger partial charge is 0.224 e. The first-order valence-corrected chi connectivity index (χ1v) is 7.71. The summed E-state index contributed by atoms with van der Waals surface area (Å²) in [6.07, 6.45) is 6.60. The molecule has 0 aromatic heterocycles. The van der Waals surface area contributed by atoms with Gasteiger partial charge in [0.05, 0.1) is 0 Å². The fourth-order valence-electron chi connectivity index (χ4n) is 3.53. The van der Waals surface area contributed by atoms with E-state index in [1.165, 1.54) is 36.9 Å². The van der Waals surface area contributed by atoms with Gasteiger partial charge in [-0.05, 0) is 54.9 Å². The van der Waals surface area contributed by atoms with Gasteiger partial charge in [0, 0.05) is 23.8 Å². The van der Waals surface area contributed by atoms with Crippen LogP contribution in [0.3, 0.4) is 0 Å². The molecule has 3 heteroatoms. The van der Waals surface area contributed by atoms with Crippen LogP contribution in [0.25, 0.3) is 0 Å². The molecule has 1 aromatic carbocycles. The molecule has 3 rings (SSSR count). The average Bonchev–Trinajstić information content (AvgIpc) is 2.38. The van der Waals surface area contributed by atoms with Crippen molar-refractivity contribution in [2.24, 2.45) is 5.41 Å². The first-order valence-electron chi connectivity index (χ1n) is 7.71. The Balaban J connectivity index is 1.70. The standard InChI is InChI=1S/C17H24N2O/c1-17(2)9-3-4-14(11-17)18-13-6-7-15-12(10-13)5-8-16(20)19-15/h6-7,10,14,18H,3-5,8-9,11H2,1-2H3,(H,19,20). The maximum absolute atomic E-state index is 11.4. The first-order chi connectivity index (χ1) is 9.52. The second-order valence-electron chi connectivity index (χ2n) is 7.02. The minimum atomic E-state index is 0.132. The molecule has 20 heavy (non-hydrogen) atoms. The van der Waals surface area contributed by atoms with Crippen LogP contribution in [0.1, 0.15) is 51.5 Å². The number of anilines is 2. The van der Waals surface area contributed by atoms with E-state index in [4.69, 9.17) is 0 Å². The highest BCUT2D eigenvalue weighted by Crippen LogP contribution is 2.36. The van der Waals surface area contributed by atoms with Gasteiger partial charge in [-0.3, -0.25) is 4.79 Å². The molecule has 1 atom stereocenters. The van der Waals surface area contributed by atoms with Crippen LogP contribution in [0, 0.1) is 5.41 Å². The van der Waals surface area contributed by atoms with Gasteiger partial charge < -0.3 is 10.6 Å². The molecule has 0 saturated heterocycles. The molecule has 1 amide bonds. The Kier molecular flexibility index (Phi) is 3.45. The van der Waals surface area contributed by atoms with Gasteiger partial charge in [0.15, 0.2) is 0 Å². The van der Waals surface area contributed by atoms with Gasteiger partial charge in [0.1, 0.15) is 0 Å². The maximum Gasteiger partial charge on any atom is 0.224 e. The summed E-state index contributed by atoms with van der Waals surface area (Å²) in [5.74, 6) is 0.132. The second-order valence-corrected chi connectivity index (χ2v) is 7.02. The van der Waals surface area contributed by atoms with E-state index in [1.807, 2.05) is 6.07 Å². The van der Waals surface area contributed by atoms with E-state index in [9.17, 15) is 4.79 Å². The molecule has 2 N–H and O–H groups in total. The summed E-state index contributed by atoms with van der Waals surface area (Å²) in [6.45, 7) is 4.73. The lowest BCUT2D eigenvalue weighted by atomic mass is 9.75. The summed E-state index contributed by atoms with van der Waals surface area (Å²) in [5.41, 5.74) is 3.89. The van der Waals surface area contributed by atoms with Crippen molar-refractivity contribution in [2.45, 2.75) is 58.4 Å². The number of rotatable bonds is 2. The number of amides is 1. The lowest BCUT2D eigenvalue weighted by Crippen LogP contribution is -2.31. The molecule has 1 saturated carbocycles. The molecule has 0 bridgehead atoms. The monoisotopic (exact) mass is 272 g/mol. The van der Waals surface area contributed by atoms with Gasteiger partial charge >= 0.3 is 0 Å². The van der Waals surface area contributed by atoms with Crippen LogP contribution in [-0.2, 0) is 11.2 Å². The molecule has 3 nitrogen and oxygen atoms in total. The van der Waals surface area contributed by atoms with Crippen molar-refractivity contribution in [3.8, 4) is 0 Å². The third-order valence-electron chi connectivity index (χ3n) is 4.58. The molecule has 108 valence electrons. The lowest BCUT2D eigenvalue weighted by Gasteiger charge is -2.36. The van der Waals surface area contributed by atoms with Crippen LogP contribution in [0.5, 0.6) is 0 Å². The fourth-order valence-corrected chi connectivity index (χ4v) is 3.53. The molecule has 0 spiro atoms. The molecule has 1 aliphatic heterocycles. The lowest BCUT2D eigenvalue weighted by molar-refractivity contribution is -0.116. The Morgan fingerprint density at radius 1 is 1.30 bits per heavy atom. The SMILES string of the molecule is CC1(C)CCCC(Nc2ccc3c(c2)CCC(=O)N3)C1. The average molecular weight is 272 g/mol. The van der Waals surface area contributed by atoms with Crippen LogP contribution < -0.4 is 10.6 Å². The molecule has 1 heterocycles. The fraction of sp³-hybridized carbons (Fsp3) is 0.588. The van der Waals surface area contributed by atoms with Gasteiger partial charge in [-0.15, -0.1) is 0 Å². The number of carbonyl (C=O) groups is 1. The molecule has 2 aliphatic rings. The predicted octanol–water partition coefficient (Wildman–Crippen LogP) is 3.95. The van der Waals surface area contributed by atoms with E-state index >= 15 is 0 Å². The van der Waals surface area contributed by atoms with E-state index in [0.717, 1.165) is 12.1 Å². The van der Waals surface area contributed by atoms with Crippen molar-refractivity contribution in [3.05, 3.63) is 23.8 Å². The summed E-state index contributed by atoms with van der Waals surface area (Å²) in [7, 11) is 0. The highest BCUT2D eigenvalue weighted by Gasteiger charge is 2.28. The molecular weight excluding hydrogens is 248 g/mol. The highest BCUT2D eigenvalue weighted by molar-refractivity contribution is 5.94. The van der Waals surface area contributed by atoms with Crippen molar-refractivity contribution < 1.29 is 4.79 Å². The van der Waals surface area contributed by atoms with Crippen molar-refractivity contribution in [2.75, 3.05) is 10.6 Å². The molecular formula is C17H24N2O. The number of aryl methyl sites for hydroxylation is 1. The van der Waals surface area contributed by atoms with E-state index in [0.29, 0.717) is 17.9 Å². The zero-order valence-corrected chi connectivity index (χ0v) is 12.5. The molecule has 1 aliphatic carbocycles. The topological polar surface area (TPSA) is 41.1 Å². The zero-order valence-electron chi connectivity index (χ0n) is 12.5. The minimum Gasteiger partial charge on any atom is -0.382 e. The quantitative estimate of drug-likeness (QED) is 0.856. The van der Waals surface area contributed by atoms with Crippen LogP contribution in [-0.4, -0.2) is 11.9 Å². The Labute approximate surface area is 121 Å². The summed E-state index contributed by atoms with van der Waals surface area (Å²) >= 11 is 0. The normalized spacial score (nSPS) is 24.7. The van der Waals surface area contributed by atoms with Crippen molar-refractivity contribution in [1.82, 2.24) is 0 Å². The van der Waals surface area contributed by atoms with E-state index in [-0.39, 0.29) is 5.91 Å².